The quantitative estimate of drug-likeness (QED) is 0.764. The maximum atomic E-state index is 12.4. The minimum atomic E-state index is -0.416. The van der Waals surface area contributed by atoms with Crippen LogP contribution >= 0.6 is 27.5 Å². The van der Waals surface area contributed by atoms with Crippen LogP contribution in [0.3, 0.4) is 0 Å². The van der Waals surface area contributed by atoms with Crippen molar-refractivity contribution in [2.75, 3.05) is 5.32 Å². The largest absolute Gasteiger partial charge is 0.322 e. The molecule has 23 heavy (non-hydrogen) atoms. The minimum Gasteiger partial charge on any atom is -0.322 e. The van der Waals surface area contributed by atoms with Gasteiger partial charge in [0.15, 0.2) is 5.78 Å². The van der Waals surface area contributed by atoms with Crippen molar-refractivity contribution in [3.8, 4) is 0 Å². The van der Waals surface area contributed by atoms with E-state index in [4.69, 9.17) is 11.6 Å². The molecular weight excluding hydrogens is 378 g/mol. The molecular formula is C18H13BrClNO2. The number of anilines is 1. The average Bonchev–Trinajstić information content (AvgIpc) is 2.50. The second-order valence-corrected chi connectivity index (χ2v) is 6.74. The number of nitrogens with one attached hydrogen (secondary N) is 1. The lowest BCUT2D eigenvalue weighted by molar-refractivity contribution is -0.119. The van der Waals surface area contributed by atoms with E-state index in [1.54, 1.807) is 18.2 Å². The fraction of sp³-hybridized carbons (Fsp3) is 0.111. The van der Waals surface area contributed by atoms with E-state index in [2.05, 4.69) is 21.2 Å². The molecule has 1 amide bonds. The Morgan fingerprint density at radius 1 is 1.22 bits per heavy atom. The Hall–Kier alpha value is -1.91. The van der Waals surface area contributed by atoms with E-state index < -0.39 is 5.91 Å². The Labute approximate surface area is 147 Å². The molecule has 0 fully saturated rings. The van der Waals surface area contributed by atoms with Crippen molar-refractivity contribution in [3.05, 3.63) is 68.2 Å². The van der Waals surface area contributed by atoms with Gasteiger partial charge in [0.25, 0.3) is 5.91 Å². The summed E-state index contributed by atoms with van der Waals surface area (Å²) in [5.41, 5.74) is 3.46. The highest BCUT2D eigenvalue weighted by Gasteiger charge is 2.24. The van der Waals surface area contributed by atoms with Crippen molar-refractivity contribution in [2.24, 2.45) is 0 Å². The zero-order valence-corrected chi connectivity index (χ0v) is 14.7. The first-order valence-electron chi connectivity index (χ1n) is 7.05. The fourth-order valence-electron chi connectivity index (χ4n) is 2.43. The van der Waals surface area contributed by atoms with Crippen LogP contribution in [0, 0.1) is 6.92 Å². The lowest BCUT2D eigenvalue weighted by atomic mass is 9.91. The molecule has 1 aliphatic carbocycles. The van der Waals surface area contributed by atoms with Gasteiger partial charge in [-0.05, 0) is 54.0 Å². The van der Waals surface area contributed by atoms with E-state index in [0.717, 1.165) is 21.2 Å². The summed E-state index contributed by atoms with van der Waals surface area (Å²) in [7, 11) is 0. The lowest BCUT2D eigenvalue weighted by Crippen LogP contribution is -2.24. The molecule has 0 saturated heterocycles. The molecule has 5 heteroatoms. The standard InChI is InChI=1S/C18H13BrClNO2/c1-10-2-5-14(9-16(10)20)21-18(23)15-7-12-6-13(19)4-3-11(12)8-17(15)22/h2-7,9H,8H2,1H3,(H,21,23). The summed E-state index contributed by atoms with van der Waals surface area (Å²) in [6, 6.07) is 10.9. The average molecular weight is 391 g/mol. The van der Waals surface area contributed by atoms with E-state index in [1.807, 2.05) is 31.2 Å². The van der Waals surface area contributed by atoms with Crippen molar-refractivity contribution in [1.29, 1.82) is 0 Å². The number of ketones is 1. The number of halogens is 2. The number of amides is 1. The highest BCUT2D eigenvalue weighted by molar-refractivity contribution is 9.10. The maximum absolute atomic E-state index is 12.4. The Morgan fingerprint density at radius 3 is 2.74 bits per heavy atom. The summed E-state index contributed by atoms with van der Waals surface area (Å²) in [4.78, 5) is 24.6. The monoisotopic (exact) mass is 389 g/mol. The van der Waals surface area contributed by atoms with Crippen LogP contribution in [0.5, 0.6) is 0 Å². The maximum Gasteiger partial charge on any atom is 0.259 e. The van der Waals surface area contributed by atoms with E-state index in [1.165, 1.54) is 0 Å². The van der Waals surface area contributed by atoms with Gasteiger partial charge in [0.05, 0.1) is 5.57 Å². The second kappa shape index (κ2) is 6.30. The predicted octanol–water partition coefficient (Wildman–Crippen LogP) is 4.56. The Bertz CT molecular complexity index is 858. The van der Waals surface area contributed by atoms with Crippen LogP contribution in [0.15, 0.2) is 46.4 Å². The third-order valence-corrected chi connectivity index (χ3v) is 4.63. The van der Waals surface area contributed by atoms with Crippen LogP contribution in [0.25, 0.3) is 6.08 Å². The van der Waals surface area contributed by atoms with Crippen molar-refractivity contribution in [2.45, 2.75) is 13.3 Å². The molecule has 3 nitrogen and oxygen atoms in total. The van der Waals surface area contributed by atoms with Gasteiger partial charge in [-0.1, -0.05) is 39.7 Å². The van der Waals surface area contributed by atoms with Crippen molar-refractivity contribution < 1.29 is 9.59 Å². The molecule has 1 aliphatic rings. The first-order chi connectivity index (χ1) is 10.9. The van der Waals surface area contributed by atoms with Gasteiger partial charge in [0, 0.05) is 21.6 Å². The van der Waals surface area contributed by atoms with Crippen LogP contribution in [-0.4, -0.2) is 11.7 Å². The van der Waals surface area contributed by atoms with Gasteiger partial charge in [-0.2, -0.15) is 0 Å². The van der Waals surface area contributed by atoms with Gasteiger partial charge in [-0.25, -0.2) is 0 Å². The van der Waals surface area contributed by atoms with Gasteiger partial charge in [-0.3, -0.25) is 9.59 Å². The zero-order valence-electron chi connectivity index (χ0n) is 12.3. The van der Waals surface area contributed by atoms with Gasteiger partial charge < -0.3 is 5.32 Å². The van der Waals surface area contributed by atoms with Gasteiger partial charge >= 0.3 is 0 Å². The lowest BCUT2D eigenvalue weighted by Gasteiger charge is -2.16. The zero-order chi connectivity index (χ0) is 16.6. The number of hydrogen-bond acceptors (Lipinski definition) is 2. The topological polar surface area (TPSA) is 46.2 Å². The summed E-state index contributed by atoms with van der Waals surface area (Å²) in [5, 5.41) is 3.30. The SMILES string of the molecule is Cc1ccc(NC(=O)C2=Cc3cc(Br)ccc3CC2=O)cc1Cl. The van der Waals surface area contributed by atoms with Crippen molar-refractivity contribution in [1.82, 2.24) is 0 Å². The molecule has 0 aromatic heterocycles. The number of Topliss-reactive ketones (excluding diaryl/α,β-unsaturated/α-hetero) is 1. The highest BCUT2D eigenvalue weighted by Crippen LogP contribution is 2.26. The molecule has 0 radical (unpaired) electrons. The number of carbonyl (C=O) groups excluding carboxylic acids is 2. The molecule has 0 aliphatic heterocycles. The van der Waals surface area contributed by atoms with E-state index in [-0.39, 0.29) is 17.8 Å². The van der Waals surface area contributed by atoms with Crippen LogP contribution < -0.4 is 5.32 Å². The van der Waals surface area contributed by atoms with Crippen LogP contribution in [0.4, 0.5) is 5.69 Å². The molecule has 0 unspecified atom stereocenters. The molecule has 3 rings (SSSR count). The molecule has 2 aromatic carbocycles. The molecule has 0 bridgehead atoms. The summed E-state index contributed by atoms with van der Waals surface area (Å²) < 4.78 is 0.909. The Kier molecular flexibility index (Phi) is 4.37. The Morgan fingerprint density at radius 2 is 2.00 bits per heavy atom. The van der Waals surface area contributed by atoms with Gasteiger partial charge in [0.2, 0.25) is 0 Å². The number of fused-ring (bicyclic) bond motifs is 1. The first-order valence-corrected chi connectivity index (χ1v) is 8.22. The van der Waals surface area contributed by atoms with E-state index in [0.29, 0.717) is 10.7 Å². The van der Waals surface area contributed by atoms with Crippen LogP contribution in [0.1, 0.15) is 16.7 Å². The summed E-state index contributed by atoms with van der Waals surface area (Å²) in [6.45, 7) is 1.88. The number of benzene rings is 2. The van der Waals surface area contributed by atoms with Crippen molar-refractivity contribution >= 4 is 51.0 Å². The molecule has 0 saturated carbocycles. The fourth-order valence-corrected chi connectivity index (χ4v) is 2.99. The number of rotatable bonds is 2. The third kappa shape index (κ3) is 3.38. The van der Waals surface area contributed by atoms with E-state index >= 15 is 0 Å². The number of hydrogen-bond donors (Lipinski definition) is 1. The predicted molar refractivity (Wildman–Crippen MR) is 95.6 cm³/mol. The third-order valence-electron chi connectivity index (χ3n) is 3.73. The van der Waals surface area contributed by atoms with Crippen LogP contribution in [0.2, 0.25) is 5.02 Å². The van der Waals surface area contributed by atoms with E-state index in [9.17, 15) is 9.59 Å². The molecule has 2 aromatic rings. The summed E-state index contributed by atoms with van der Waals surface area (Å²) in [5.74, 6) is -0.601. The summed E-state index contributed by atoms with van der Waals surface area (Å²) >= 11 is 9.46. The van der Waals surface area contributed by atoms with Gasteiger partial charge in [-0.15, -0.1) is 0 Å². The molecule has 0 heterocycles. The molecule has 0 atom stereocenters. The molecule has 1 N–H and O–H groups in total. The molecule has 0 spiro atoms. The smallest absolute Gasteiger partial charge is 0.259 e. The number of carbonyl (C=O) groups is 2. The highest BCUT2D eigenvalue weighted by atomic mass is 79.9. The number of aryl methyl sites for hydroxylation is 1. The Balaban J connectivity index is 1.89. The summed E-state index contributed by atoms with van der Waals surface area (Å²) in [6.07, 6.45) is 1.87. The van der Waals surface area contributed by atoms with Crippen LogP contribution in [-0.2, 0) is 16.0 Å². The van der Waals surface area contributed by atoms with Gasteiger partial charge in [0.1, 0.15) is 0 Å². The first kappa shape index (κ1) is 16.0. The van der Waals surface area contributed by atoms with Crippen molar-refractivity contribution in [3.63, 3.8) is 0 Å². The second-order valence-electron chi connectivity index (χ2n) is 5.42. The molecule has 116 valence electrons. The minimum absolute atomic E-state index is 0.160. The normalized spacial score (nSPS) is 13.3.